The normalized spacial score (nSPS) is 12.6. The van der Waals surface area contributed by atoms with Crippen molar-refractivity contribution in [2.75, 3.05) is 18.4 Å². The van der Waals surface area contributed by atoms with Gasteiger partial charge in [-0.3, -0.25) is 14.6 Å². The highest BCUT2D eigenvalue weighted by atomic mass is 32.2. The molecule has 0 aliphatic carbocycles. The molecule has 0 spiro atoms. The first-order valence-electron chi connectivity index (χ1n) is 14.8. The Labute approximate surface area is 265 Å². The third-order valence-electron chi connectivity index (χ3n) is 6.49. The fourth-order valence-electron chi connectivity index (χ4n) is 4.31. The van der Waals surface area contributed by atoms with Crippen LogP contribution in [0.1, 0.15) is 79.3 Å². The molecule has 0 radical (unpaired) electrons. The quantitative estimate of drug-likeness (QED) is 0.141. The van der Waals surface area contributed by atoms with Crippen molar-refractivity contribution in [2.45, 2.75) is 75.0 Å². The zero-order valence-electron chi connectivity index (χ0n) is 26.0. The Morgan fingerprint density at radius 3 is 2.44 bits per heavy atom. The predicted octanol–water partition coefficient (Wildman–Crippen LogP) is 8.35. The summed E-state index contributed by atoms with van der Waals surface area (Å²) in [7, 11) is 0. The summed E-state index contributed by atoms with van der Waals surface area (Å²) in [6, 6.07) is 21.6. The number of nitrogens with zero attached hydrogens (tertiary/aromatic N) is 1. The Balaban J connectivity index is 0.00000248. The summed E-state index contributed by atoms with van der Waals surface area (Å²) in [5, 5.41) is 9.46. The number of carbonyl (C=O) groups excluding carboxylic acids is 2. The standard InChI is InChI=1S/C33H38N4O2S2.C2H6/c1-33(2,3)36-18-8-7-9-23-12-14-24(15-13-23)22-40-26(20-34-4)21-35-31(38)25-16-17-30-28(19-25)37-32(39)27-10-5-6-11-29(27)41-30;1-2/h5-6,10-17,19-20,36H,4,7-9,18,21-22H2,1-3H3,(H,35,38)(H,37,39);1-2H3/b26-20-;. The third-order valence-corrected chi connectivity index (χ3v) is 8.74. The molecule has 1 aliphatic rings. The SMILES string of the molecule is C=N/C=C(/CNC(=O)c1ccc2c(c1)NC(=O)c1ccccc1S2)SCc1ccc(CCCCNC(C)(C)C)cc1.CC. The van der Waals surface area contributed by atoms with E-state index in [2.05, 4.69) is 72.7 Å². The van der Waals surface area contributed by atoms with E-state index in [0.29, 0.717) is 23.4 Å². The number of hydrogen-bond acceptors (Lipinski definition) is 6. The minimum Gasteiger partial charge on any atom is -0.347 e. The number of fused-ring (bicyclic) bond motifs is 2. The van der Waals surface area contributed by atoms with Crippen LogP contribution in [0.25, 0.3) is 0 Å². The highest BCUT2D eigenvalue weighted by Gasteiger charge is 2.20. The van der Waals surface area contributed by atoms with E-state index in [1.165, 1.54) is 22.9 Å². The van der Waals surface area contributed by atoms with Crippen LogP contribution >= 0.6 is 23.5 Å². The number of aryl methyl sites for hydroxylation is 1. The van der Waals surface area contributed by atoms with Gasteiger partial charge in [-0.05, 0) is 94.8 Å². The first kappa shape index (κ1) is 34.2. The molecule has 228 valence electrons. The number of rotatable bonds is 12. The van der Waals surface area contributed by atoms with Crippen molar-refractivity contribution >= 4 is 47.7 Å². The van der Waals surface area contributed by atoms with Crippen molar-refractivity contribution in [2.24, 2.45) is 4.99 Å². The third kappa shape index (κ3) is 11.0. The lowest BCUT2D eigenvalue weighted by Gasteiger charge is -2.20. The van der Waals surface area contributed by atoms with E-state index in [9.17, 15) is 9.59 Å². The maximum atomic E-state index is 13.0. The second kappa shape index (κ2) is 17.1. The number of amides is 2. The topological polar surface area (TPSA) is 82.6 Å². The first-order valence-corrected chi connectivity index (χ1v) is 16.6. The van der Waals surface area contributed by atoms with Crippen LogP contribution in [-0.4, -0.2) is 37.2 Å². The Bertz CT molecular complexity index is 1410. The largest absolute Gasteiger partial charge is 0.347 e. The van der Waals surface area contributed by atoms with Gasteiger partial charge in [-0.1, -0.05) is 62.0 Å². The molecule has 8 heteroatoms. The lowest BCUT2D eigenvalue weighted by molar-refractivity contribution is 0.0956. The van der Waals surface area contributed by atoms with E-state index in [1.807, 2.05) is 38.1 Å². The zero-order chi connectivity index (χ0) is 31.2. The molecule has 0 aromatic heterocycles. The molecule has 0 saturated carbocycles. The molecule has 0 bridgehead atoms. The summed E-state index contributed by atoms with van der Waals surface area (Å²) in [5.74, 6) is 0.381. The summed E-state index contributed by atoms with van der Waals surface area (Å²) in [5.41, 5.74) is 4.48. The molecule has 43 heavy (non-hydrogen) atoms. The number of nitrogens with one attached hydrogen (secondary N) is 3. The number of unbranched alkanes of at least 4 members (excludes halogenated alkanes) is 1. The van der Waals surface area contributed by atoms with Crippen molar-refractivity contribution in [1.29, 1.82) is 0 Å². The first-order chi connectivity index (χ1) is 20.7. The lowest BCUT2D eigenvalue weighted by atomic mass is 10.1. The molecule has 1 heterocycles. The molecule has 1 aliphatic heterocycles. The van der Waals surface area contributed by atoms with Gasteiger partial charge in [0.15, 0.2) is 0 Å². The smallest absolute Gasteiger partial charge is 0.256 e. The predicted molar refractivity (Wildman–Crippen MR) is 185 cm³/mol. The van der Waals surface area contributed by atoms with Crippen LogP contribution < -0.4 is 16.0 Å². The molecule has 4 rings (SSSR count). The van der Waals surface area contributed by atoms with Gasteiger partial charge < -0.3 is 16.0 Å². The van der Waals surface area contributed by atoms with Gasteiger partial charge in [0, 0.05) is 37.8 Å². The molecular weight excluding hydrogens is 573 g/mol. The van der Waals surface area contributed by atoms with E-state index in [-0.39, 0.29) is 17.4 Å². The van der Waals surface area contributed by atoms with Gasteiger partial charge >= 0.3 is 0 Å². The van der Waals surface area contributed by atoms with Crippen molar-refractivity contribution in [3.8, 4) is 0 Å². The number of anilines is 1. The number of hydrogen-bond donors (Lipinski definition) is 3. The number of aliphatic imine (C=N–C) groups is 1. The van der Waals surface area contributed by atoms with Gasteiger partial charge in [0.05, 0.1) is 17.8 Å². The highest BCUT2D eigenvalue weighted by Crippen LogP contribution is 2.39. The number of carbonyl (C=O) groups is 2. The van der Waals surface area contributed by atoms with Crippen LogP contribution in [0, 0.1) is 0 Å². The molecule has 2 amide bonds. The van der Waals surface area contributed by atoms with Crippen LogP contribution in [0.2, 0.25) is 0 Å². The monoisotopic (exact) mass is 616 g/mol. The van der Waals surface area contributed by atoms with E-state index >= 15 is 0 Å². The molecule has 0 atom stereocenters. The van der Waals surface area contributed by atoms with Crippen molar-refractivity contribution in [3.05, 3.63) is 100 Å². The number of benzene rings is 3. The van der Waals surface area contributed by atoms with Gasteiger partial charge in [-0.15, -0.1) is 11.8 Å². The van der Waals surface area contributed by atoms with Gasteiger partial charge in [0.25, 0.3) is 11.8 Å². The zero-order valence-corrected chi connectivity index (χ0v) is 27.6. The minimum atomic E-state index is -0.216. The molecule has 3 aromatic rings. The average Bonchev–Trinajstić information content (AvgIpc) is 3.14. The maximum Gasteiger partial charge on any atom is 0.256 e. The summed E-state index contributed by atoms with van der Waals surface area (Å²) >= 11 is 3.15. The van der Waals surface area contributed by atoms with Gasteiger partial charge in [-0.25, -0.2) is 0 Å². The molecule has 0 unspecified atom stereocenters. The summed E-state index contributed by atoms with van der Waals surface area (Å²) < 4.78 is 0. The maximum absolute atomic E-state index is 13.0. The summed E-state index contributed by atoms with van der Waals surface area (Å²) in [6.07, 6.45) is 5.10. The van der Waals surface area contributed by atoms with E-state index in [1.54, 1.807) is 36.2 Å². The van der Waals surface area contributed by atoms with Crippen LogP contribution in [-0.2, 0) is 12.2 Å². The molecular formula is C35H44N4O2S2. The molecule has 0 fully saturated rings. The second-order valence-electron chi connectivity index (χ2n) is 11.0. The summed E-state index contributed by atoms with van der Waals surface area (Å²) in [4.78, 5) is 32.3. The van der Waals surface area contributed by atoms with E-state index in [0.717, 1.165) is 46.3 Å². The minimum absolute atomic E-state index is 0.170. The Kier molecular flexibility index (Phi) is 13.6. The Hall–Kier alpha value is -3.33. The van der Waals surface area contributed by atoms with Crippen molar-refractivity contribution < 1.29 is 9.59 Å². The fraction of sp³-hybridized carbons (Fsp3) is 0.343. The Morgan fingerprint density at radius 1 is 1.00 bits per heavy atom. The van der Waals surface area contributed by atoms with Crippen LogP contribution in [0.5, 0.6) is 0 Å². The van der Waals surface area contributed by atoms with Gasteiger partial charge in [0.2, 0.25) is 0 Å². The van der Waals surface area contributed by atoms with Crippen LogP contribution in [0.15, 0.2) is 92.6 Å². The molecule has 6 nitrogen and oxygen atoms in total. The highest BCUT2D eigenvalue weighted by molar-refractivity contribution is 8.02. The van der Waals surface area contributed by atoms with Gasteiger partial charge in [-0.2, -0.15) is 0 Å². The van der Waals surface area contributed by atoms with Crippen molar-refractivity contribution in [1.82, 2.24) is 10.6 Å². The fourth-order valence-corrected chi connectivity index (χ4v) is 6.19. The van der Waals surface area contributed by atoms with Gasteiger partial charge in [0.1, 0.15) is 0 Å². The second-order valence-corrected chi connectivity index (χ2v) is 13.1. The van der Waals surface area contributed by atoms with Crippen LogP contribution in [0.4, 0.5) is 5.69 Å². The summed E-state index contributed by atoms with van der Waals surface area (Å²) in [6.45, 7) is 15.6. The Morgan fingerprint density at radius 2 is 1.72 bits per heavy atom. The molecule has 3 N–H and O–H groups in total. The van der Waals surface area contributed by atoms with E-state index < -0.39 is 0 Å². The van der Waals surface area contributed by atoms with Crippen molar-refractivity contribution in [3.63, 3.8) is 0 Å². The molecule has 0 saturated heterocycles. The average molecular weight is 617 g/mol. The van der Waals surface area contributed by atoms with E-state index in [4.69, 9.17) is 0 Å². The van der Waals surface area contributed by atoms with Crippen LogP contribution in [0.3, 0.4) is 0 Å². The lowest BCUT2D eigenvalue weighted by Crippen LogP contribution is -2.36. The molecule has 3 aromatic carbocycles. The number of thioether (sulfide) groups is 1.